The molecule has 198 valence electrons. The van der Waals surface area contributed by atoms with Crippen LogP contribution in [0.3, 0.4) is 0 Å². The van der Waals surface area contributed by atoms with Crippen LogP contribution in [0.5, 0.6) is 0 Å². The summed E-state index contributed by atoms with van der Waals surface area (Å²) in [4.78, 5) is 62.9. The van der Waals surface area contributed by atoms with Gasteiger partial charge in [-0.3, -0.25) is 19.2 Å². The lowest BCUT2D eigenvalue weighted by atomic mass is 10.0. The number of nitrogens with one attached hydrogen (secondary N) is 2. The van der Waals surface area contributed by atoms with Crippen molar-refractivity contribution in [3.05, 3.63) is 35.9 Å². The molecule has 2 rings (SSSR count). The molecule has 0 aromatic heterocycles. The maximum absolute atomic E-state index is 13.2. The molecule has 1 aliphatic heterocycles. The van der Waals surface area contributed by atoms with Gasteiger partial charge in [0, 0.05) is 19.4 Å². The van der Waals surface area contributed by atoms with Gasteiger partial charge in [-0.1, -0.05) is 44.2 Å². The zero-order chi connectivity index (χ0) is 26.8. The van der Waals surface area contributed by atoms with Crippen molar-refractivity contribution in [3.63, 3.8) is 0 Å². The number of carboxylic acid groups (broad SMARTS) is 2. The third-order valence-electron chi connectivity index (χ3n) is 6.06. The number of carbonyl (C=O) groups is 5. The second-order valence-electron chi connectivity index (χ2n) is 9.51. The van der Waals surface area contributed by atoms with Gasteiger partial charge in [-0.05, 0) is 37.2 Å². The van der Waals surface area contributed by atoms with Gasteiger partial charge in [0.05, 0.1) is 6.04 Å². The summed E-state index contributed by atoms with van der Waals surface area (Å²) in [6.07, 6.45) is 0.967. The topological polar surface area (TPSA) is 179 Å². The van der Waals surface area contributed by atoms with Crippen LogP contribution in [0.25, 0.3) is 0 Å². The third kappa shape index (κ3) is 8.63. The van der Waals surface area contributed by atoms with Crippen LogP contribution in [0.1, 0.15) is 51.5 Å². The van der Waals surface area contributed by atoms with Crippen LogP contribution in [-0.4, -0.2) is 75.5 Å². The first kappa shape index (κ1) is 28.8. The van der Waals surface area contributed by atoms with Gasteiger partial charge in [-0.25, -0.2) is 4.79 Å². The molecule has 0 radical (unpaired) electrons. The number of rotatable bonds is 13. The monoisotopic (exact) mass is 504 g/mol. The zero-order valence-electron chi connectivity index (χ0n) is 20.7. The first-order valence-corrected chi connectivity index (χ1v) is 12.1. The molecule has 1 saturated heterocycles. The van der Waals surface area contributed by atoms with Crippen LogP contribution in [0.4, 0.5) is 0 Å². The van der Waals surface area contributed by atoms with Gasteiger partial charge in [-0.15, -0.1) is 0 Å². The van der Waals surface area contributed by atoms with Crippen LogP contribution in [0.2, 0.25) is 0 Å². The number of carbonyl (C=O) groups excluding carboxylic acids is 3. The summed E-state index contributed by atoms with van der Waals surface area (Å²) >= 11 is 0. The van der Waals surface area contributed by atoms with E-state index in [0.717, 1.165) is 5.56 Å². The van der Waals surface area contributed by atoms with E-state index in [4.69, 9.17) is 10.8 Å². The first-order valence-electron chi connectivity index (χ1n) is 12.1. The number of nitrogens with two attached hydrogens (primary N) is 1. The summed E-state index contributed by atoms with van der Waals surface area (Å²) in [5.74, 6) is -3.89. The molecule has 0 spiro atoms. The molecule has 3 amide bonds. The number of hydrogen-bond acceptors (Lipinski definition) is 6. The van der Waals surface area contributed by atoms with E-state index in [9.17, 15) is 29.1 Å². The van der Waals surface area contributed by atoms with Gasteiger partial charge in [0.15, 0.2) is 0 Å². The van der Waals surface area contributed by atoms with Crippen LogP contribution in [0.15, 0.2) is 30.3 Å². The molecule has 36 heavy (non-hydrogen) atoms. The highest BCUT2D eigenvalue weighted by Crippen LogP contribution is 2.20. The summed E-state index contributed by atoms with van der Waals surface area (Å²) in [5, 5.41) is 23.6. The normalized spacial score (nSPS) is 17.8. The fraction of sp³-hybridized carbons (Fsp3) is 0.560. The van der Waals surface area contributed by atoms with Crippen molar-refractivity contribution in [2.24, 2.45) is 11.7 Å². The molecule has 0 saturated carbocycles. The van der Waals surface area contributed by atoms with E-state index in [0.29, 0.717) is 19.4 Å². The lowest BCUT2D eigenvalue weighted by Gasteiger charge is -2.28. The number of hydrogen-bond donors (Lipinski definition) is 5. The van der Waals surface area contributed by atoms with E-state index in [-0.39, 0.29) is 31.6 Å². The maximum atomic E-state index is 13.2. The molecule has 0 bridgehead atoms. The van der Waals surface area contributed by atoms with Crippen molar-refractivity contribution >= 4 is 29.7 Å². The summed E-state index contributed by atoms with van der Waals surface area (Å²) in [5.41, 5.74) is 6.64. The molecule has 1 aromatic carbocycles. The average Bonchev–Trinajstić information content (AvgIpc) is 3.31. The fourth-order valence-corrected chi connectivity index (χ4v) is 4.21. The van der Waals surface area contributed by atoms with Gasteiger partial charge in [0.25, 0.3) is 0 Å². The molecule has 1 heterocycles. The Labute approximate surface area is 210 Å². The Balaban J connectivity index is 2.17. The van der Waals surface area contributed by atoms with E-state index >= 15 is 0 Å². The zero-order valence-corrected chi connectivity index (χ0v) is 20.7. The highest BCUT2D eigenvalue weighted by atomic mass is 16.4. The molecule has 6 N–H and O–H groups in total. The van der Waals surface area contributed by atoms with E-state index < -0.39 is 53.8 Å². The van der Waals surface area contributed by atoms with Crippen molar-refractivity contribution in [3.8, 4) is 0 Å². The van der Waals surface area contributed by atoms with E-state index in [1.165, 1.54) is 4.90 Å². The first-order chi connectivity index (χ1) is 17.0. The lowest BCUT2D eigenvalue weighted by Crippen LogP contribution is -2.57. The number of benzene rings is 1. The predicted molar refractivity (Wildman–Crippen MR) is 131 cm³/mol. The maximum Gasteiger partial charge on any atom is 0.326 e. The van der Waals surface area contributed by atoms with E-state index in [1.807, 2.05) is 19.9 Å². The molecular weight excluding hydrogens is 468 g/mol. The van der Waals surface area contributed by atoms with E-state index in [2.05, 4.69) is 10.6 Å². The van der Waals surface area contributed by atoms with Crippen LogP contribution >= 0.6 is 0 Å². The highest BCUT2D eigenvalue weighted by molar-refractivity contribution is 5.94. The molecule has 4 unspecified atom stereocenters. The largest absolute Gasteiger partial charge is 0.481 e. The van der Waals surface area contributed by atoms with Crippen LogP contribution < -0.4 is 16.4 Å². The smallest absolute Gasteiger partial charge is 0.326 e. The highest BCUT2D eigenvalue weighted by Gasteiger charge is 2.38. The number of likely N-dealkylation sites (tertiary alicyclic amines) is 1. The number of nitrogens with zero attached hydrogens (tertiary/aromatic N) is 1. The Kier molecular flexibility index (Phi) is 10.8. The van der Waals surface area contributed by atoms with Crippen molar-refractivity contribution in [2.75, 3.05) is 6.54 Å². The molecule has 0 aliphatic carbocycles. The number of carboxylic acids is 2. The fourth-order valence-electron chi connectivity index (χ4n) is 4.21. The Morgan fingerprint density at radius 2 is 1.72 bits per heavy atom. The van der Waals surface area contributed by atoms with Crippen LogP contribution in [-0.2, 0) is 30.4 Å². The Morgan fingerprint density at radius 3 is 2.31 bits per heavy atom. The van der Waals surface area contributed by atoms with Crippen molar-refractivity contribution in [1.82, 2.24) is 15.5 Å². The van der Waals surface area contributed by atoms with Gasteiger partial charge in [0.2, 0.25) is 17.7 Å². The predicted octanol–water partition coefficient (Wildman–Crippen LogP) is 0.513. The molecule has 11 heteroatoms. The van der Waals surface area contributed by atoms with Crippen molar-refractivity contribution in [2.45, 2.75) is 76.5 Å². The Bertz CT molecular complexity index is 938. The molecule has 1 aromatic rings. The number of amides is 3. The van der Waals surface area contributed by atoms with Gasteiger partial charge < -0.3 is 31.5 Å². The minimum Gasteiger partial charge on any atom is -0.481 e. The van der Waals surface area contributed by atoms with Crippen molar-refractivity contribution < 1.29 is 34.2 Å². The lowest BCUT2D eigenvalue weighted by molar-refractivity contribution is -0.143. The summed E-state index contributed by atoms with van der Waals surface area (Å²) < 4.78 is 0. The van der Waals surface area contributed by atoms with Crippen LogP contribution in [0, 0.1) is 5.92 Å². The molecular formula is C25H36N4O7. The standard InChI is InChI=1S/C25H36N4O7/c1-15(2)13-19(25(35)36)28-22(32)18(14-16-7-4-3-5-8-16)27-23(33)20-9-6-12-29(20)24(34)17(26)10-11-21(30)31/h3-5,7-8,15,17-20H,6,9-14,26H2,1-2H3,(H,27,33)(H,28,32)(H,30,31)(H,35,36). The SMILES string of the molecule is CC(C)CC(NC(=O)C(Cc1ccccc1)NC(=O)C1CCCN1C(=O)C(N)CCC(=O)O)C(=O)O. The van der Waals surface area contributed by atoms with E-state index in [1.54, 1.807) is 24.3 Å². The summed E-state index contributed by atoms with van der Waals surface area (Å²) in [7, 11) is 0. The third-order valence-corrected chi connectivity index (χ3v) is 6.06. The molecule has 1 fully saturated rings. The average molecular weight is 505 g/mol. The van der Waals surface area contributed by atoms with Gasteiger partial charge in [-0.2, -0.15) is 0 Å². The second kappa shape index (κ2) is 13.6. The number of aliphatic carboxylic acids is 2. The Morgan fingerprint density at radius 1 is 1.06 bits per heavy atom. The summed E-state index contributed by atoms with van der Waals surface area (Å²) in [6, 6.07) is 4.91. The Hall–Kier alpha value is -3.47. The van der Waals surface area contributed by atoms with Crippen molar-refractivity contribution in [1.29, 1.82) is 0 Å². The molecule has 1 aliphatic rings. The summed E-state index contributed by atoms with van der Waals surface area (Å²) in [6.45, 7) is 3.99. The van der Waals surface area contributed by atoms with Gasteiger partial charge >= 0.3 is 11.9 Å². The van der Waals surface area contributed by atoms with Gasteiger partial charge in [0.1, 0.15) is 18.1 Å². The quantitative estimate of drug-likeness (QED) is 0.258. The minimum absolute atomic E-state index is 0.0250. The molecule has 4 atom stereocenters. The molecule has 11 nitrogen and oxygen atoms in total. The second-order valence-corrected chi connectivity index (χ2v) is 9.51. The minimum atomic E-state index is -1.16.